The summed E-state index contributed by atoms with van der Waals surface area (Å²) >= 11 is 0. The van der Waals surface area contributed by atoms with Crippen molar-refractivity contribution < 1.29 is 9.53 Å². The molecule has 2 N–H and O–H groups in total. The van der Waals surface area contributed by atoms with Crippen molar-refractivity contribution >= 4 is 5.91 Å². The van der Waals surface area contributed by atoms with Crippen molar-refractivity contribution in [3.8, 4) is 6.07 Å². The molecule has 16 heavy (non-hydrogen) atoms. The van der Waals surface area contributed by atoms with Gasteiger partial charge in [0.05, 0.1) is 25.1 Å². The van der Waals surface area contributed by atoms with Crippen LogP contribution in [0.15, 0.2) is 0 Å². The van der Waals surface area contributed by atoms with Crippen LogP contribution in [-0.4, -0.2) is 38.8 Å². The first-order valence-corrected chi connectivity index (χ1v) is 5.66. The standard InChI is InChI=1S/C11H19N3O2/c1-16-6-5-13-8-11(15)14-10-4-2-3-9(10)7-12/h9-10,13H,2-6,8H2,1H3,(H,14,15). The summed E-state index contributed by atoms with van der Waals surface area (Å²) in [5.74, 6) is -0.0498. The number of hydrogen-bond donors (Lipinski definition) is 2. The van der Waals surface area contributed by atoms with E-state index in [4.69, 9.17) is 10.00 Å². The second-order valence-electron chi connectivity index (χ2n) is 4.01. The summed E-state index contributed by atoms with van der Waals surface area (Å²) < 4.78 is 4.85. The van der Waals surface area contributed by atoms with Gasteiger partial charge in [-0.2, -0.15) is 5.26 Å². The smallest absolute Gasteiger partial charge is 0.234 e. The van der Waals surface area contributed by atoms with Crippen molar-refractivity contribution in [2.24, 2.45) is 5.92 Å². The van der Waals surface area contributed by atoms with Gasteiger partial charge < -0.3 is 15.4 Å². The summed E-state index contributed by atoms with van der Waals surface area (Å²) in [6, 6.07) is 2.28. The van der Waals surface area contributed by atoms with Crippen molar-refractivity contribution in [3.63, 3.8) is 0 Å². The van der Waals surface area contributed by atoms with Crippen LogP contribution in [0.1, 0.15) is 19.3 Å². The fraction of sp³-hybridized carbons (Fsp3) is 0.818. The Morgan fingerprint density at radius 1 is 1.56 bits per heavy atom. The number of rotatable bonds is 6. The highest BCUT2D eigenvalue weighted by molar-refractivity contribution is 5.78. The summed E-state index contributed by atoms with van der Waals surface area (Å²) in [7, 11) is 1.62. The zero-order valence-corrected chi connectivity index (χ0v) is 9.66. The molecule has 0 radical (unpaired) electrons. The maximum absolute atomic E-state index is 11.5. The minimum Gasteiger partial charge on any atom is -0.383 e. The average Bonchev–Trinajstić information content (AvgIpc) is 2.71. The molecule has 0 heterocycles. The predicted octanol–water partition coefficient (Wildman–Crippen LogP) is 0.0309. The largest absolute Gasteiger partial charge is 0.383 e. The molecule has 0 aromatic carbocycles. The van der Waals surface area contributed by atoms with Gasteiger partial charge in [-0.05, 0) is 19.3 Å². The molecule has 0 aliphatic heterocycles. The van der Waals surface area contributed by atoms with Gasteiger partial charge in [-0.25, -0.2) is 0 Å². The summed E-state index contributed by atoms with van der Waals surface area (Å²) in [6.07, 6.45) is 2.85. The van der Waals surface area contributed by atoms with Gasteiger partial charge in [-0.15, -0.1) is 0 Å². The van der Waals surface area contributed by atoms with Crippen LogP contribution in [0.4, 0.5) is 0 Å². The number of hydrogen-bond acceptors (Lipinski definition) is 4. The van der Waals surface area contributed by atoms with E-state index >= 15 is 0 Å². The van der Waals surface area contributed by atoms with Gasteiger partial charge in [0.2, 0.25) is 5.91 Å². The monoisotopic (exact) mass is 225 g/mol. The van der Waals surface area contributed by atoms with Crippen LogP contribution in [0.25, 0.3) is 0 Å². The Morgan fingerprint density at radius 2 is 2.38 bits per heavy atom. The van der Waals surface area contributed by atoms with E-state index in [9.17, 15) is 4.79 Å². The summed E-state index contributed by atoms with van der Waals surface area (Å²) in [4.78, 5) is 11.5. The Labute approximate surface area is 96.2 Å². The molecular weight excluding hydrogens is 206 g/mol. The van der Waals surface area contributed by atoms with Gasteiger partial charge in [-0.1, -0.05) is 0 Å². The van der Waals surface area contributed by atoms with Gasteiger partial charge in [0, 0.05) is 19.7 Å². The van der Waals surface area contributed by atoms with Crippen molar-refractivity contribution in [3.05, 3.63) is 0 Å². The van der Waals surface area contributed by atoms with E-state index in [2.05, 4.69) is 16.7 Å². The maximum atomic E-state index is 11.5. The first-order chi connectivity index (χ1) is 7.77. The third kappa shape index (κ3) is 4.17. The zero-order chi connectivity index (χ0) is 11.8. The Balaban J connectivity index is 2.16. The number of methoxy groups -OCH3 is 1. The number of nitriles is 1. The number of amides is 1. The van der Waals surface area contributed by atoms with Crippen LogP contribution < -0.4 is 10.6 Å². The highest BCUT2D eigenvalue weighted by atomic mass is 16.5. The molecule has 0 aromatic rings. The number of nitrogens with one attached hydrogen (secondary N) is 2. The summed E-state index contributed by atoms with van der Waals surface area (Å²) in [5, 5.41) is 14.7. The van der Waals surface area contributed by atoms with Gasteiger partial charge in [0.15, 0.2) is 0 Å². The number of carbonyl (C=O) groups excluding carboxylic acids is 1. The minimum atomic E-state index is -0.0387. The van der Waals surface area contributed by atoms with Crippen LogP contribution >= 0.6 is 0 Å². The Hall–Kier alpha value is -1.12. The average molecular weight is 225 g/mol. The summed E-state index contributed by atoms with van der Waals surface area (Å²) in [6.45, 7) is 1.55. The molecule has 1 fully saturated rings. The highest BCUT2D eigenvalue weighted by Gasteiger charge is 2.27. The molecule has 90 valence electrons. The number of nitrogens with zero attached hydrogens (tertiary/aromatic N) is 1. The van der Waals surface area contributed by atoms with Gasteiger partial charge >= 0.3 is 0 Å². The molecule has 1 aliphatic carbocycles. The lowest BCUT2D eigenvalue weighted by Crippen LogP contribution is -2.42. The highest BCUT2D eigenvalue weighted by Crippen LogP contribution is 2.24. The van der Waals surface area contributed by atoms with Crippen LogP contribution in [0.5, 0.6) is 0 Å². The van der Waals surface area contributed by atoms with E-state index in [0.29, 0.717) is 13.2 Å². The van der Waals surface area contributed by atoms with E-state index < -0.39 is 0 Å². The molecule has 2 atom stereocenters. The quantitative estimate of drug-likeness (QED) is 0.625. The van der Waals surface area contributed by atoms with Gasteiger partial charge in [0.25, 0.3) is 0 Å². The summed E-state index contributed by atoms with van der Waals surface area (Å²) in [5.41, 5.74) is 0. The lowest BCUT2D eigenvalue weighted by Gasteiger charge is -2.15. The Kier molecular flexibility index (Phi) is 5.83. The van der Waals surface area contributed by atoms with Gasteiger partial charge in [0.1, 0.15) is 0 Å². The van der Waals surface area contributed by atoms with Crippen molar-refractivity contribution in [2.45, 2.75) is 25.3 Å². The van der Waals surface area contributed by atoms with Crippen molar-refractivity contribution in [1.82, 2.24) is 10.6 Å². The lowest BCUT2D eigenvalue weighted by molar-refractivity contribution is -0.121. The molecule has 1 aliphatic rings. The van der Waals surface area contributed by atoms with Crippen LogP contribution in [0.3, 0.4) is 0 Å². The molecular formula is C11H19N3O2. The van der Waals surface area contributed by atoms with E-state index in [-0.39, 0.29) is 24.4 Å². The second-order valence-corrected chi connectivity index (χ2v) is 4.01. The third-order valence-electron chi connectivity index (χ3n) is 2.80. The molecule has 1 saturated carbocycles. The molecule has 1 rings (SSSR count). The van der Waals surface area contributed by atoms with Crippen LogP contribution in [0.2, 0.25) is 0 Å². The minimum absolute atomic E-state index is 0.0112. The molecule has 5 nitrogen and oxygen atoms in total. The Bertz CT molecular complexity index is 262. The topological polar surface area (TPSA) is 74.2 Å². The van der Waals surface area contributed by atoms with E-state index in [1.54, 1.807) is 7.11 Å². The van der Waals surface area contributed by atoms with Crippen molar-refractivity contribution in [2.75, 3.05) is 26.8 Å². The first kappa shape index (κ1) is 12.9. The molecule has 5 heteroatoms. The van der Waals surface area contributed by atoms with E-state index in [1.807, 2.05) is 0 Å². The van der Waals surface area contributed by atoms with E-state index in [0.717, 1.165) is 19.3 Å². The lowest BCUT2D eigenvalue weighted by atomic mass is 10.1. The van der Waals surface area contributed by atoms with E-state index in [1.165, 1.54) is 0 Å². The molecule has 0 saturated heterocycles. The maximum Gasteiger partial charge on any atom is 0.234 e. The fourth-order valence-corrected chi connectivity index (χ4v) is 1.92. The molecule has 2 unspecified atom stereocenters. The normalized spacial score (nSPS) is 24.0. The number of carbonyl (C=O) groups is 1. The SMILES string of the molecule is COCCNCC(=O)NC1CCCC1C#N. The van der Waals surface area contributed by atoms with Gasteiger partial charge in [-0.3, -0.25) is 4.79 Å². The molecule has 0 aromatic heterocycles. The third-order valence-corrected chi connectivity index (χ3v) is 2.80. The van der Waals surface area contributed by atoms with Crippen LogP contribution in [-0.2, 0) is 9.53 Å². The zero-order valence-electron chi connectivity index (χ0n) is 9.66. The predicted molar refractivity (Wildman–Crippen MR) is 59.6 cm³/mol. The molecule has 1 amide bonds. The first-order valence-electron chi connectivity index (χ1n) is 5.66. The molecule has 0 bridgehead atoms. The van der Waals surface area contributed by atoms with Crippen molar-refractivity contribution in [1.29, 1.82) is 5.26 Å². The molecule has 0 spiro atoms. The number of ether oxygens (including phenoxy) is 1. The van der Waals surface area contributed by atoms with Crippen LogP contribution in [0, 0.1) is 17.2 Å². The Morgan fingerprint density at radius 3 is 3.06 bits per heavy atom. The fourth-order valence-electron chi connectivity index (χ4n) is 1.92. The second kappa shape index (κ2) is 7.20.